The number of carbonyl (C=O) groups excluding carboxylic acids is 1. The maximum atomic E-state index is 11.8. The Morgan fingerprint density at radius 1 is 1.00 bits per heavy atom. The highest BCUT2D eigenvalue weighted by molar-refractivity contribution is 5.76. The monoisotopic (exact) mass is 242 g/mol. The van der Waals surface area contributed by atoms with Gasteiger partial charge in [-0.25, -0.2) is 0 Å². The van der Waals surface area contributed by atoms with Gasteiger partial charge in [0.1, 0.15) is 0 Å². The molecule has 0 spiro atoms. The van der Waals surface area contributed by atoms with Gasteiger partial charge in [0.15, 0.2) is 0 Å². The van der Waals surface area contributed by atoms with Gasteiger partial charge in [-0.1, -0.05) is 33.6 Å². The van der Waals surface area contributed by atoms with Crippen LogP contribution in [0.5, 0.6) is 0 Å². The van der Waals surface area contributed by atoms with Crippen molar-refractivity contribution in [3.8, 4) is 0 Å². The summed E-state index contributed by atoms with van der Waals surface area (Å²) in [5.41, 5.74) is 5.45. The van der Waals surface area contributed by atoms with E-state index in [2.05, 4.69) is 26.1 Å². The second kappa shape index (κ2) is 9.46. The van der Waals surface area contributed by atoms with Gasteiger partial charge in [-0.3, -0.25) is 4.79 Å². The molecular weight excluding hydrogens is 212 g/mol. The lowest BCUT2D eigenvalue weighted by Crippen LogP contribution is -2.47. The molecule has 102 valence electrons. The van der Waals surface area contributed by atoms with E-state index in [1.165, 1.54) is 0 Å². The molecule has 0 saturated heterocycles. The molecule has 3 nitrogen and oxygen atoms in total. The Labute approximate surface area is 107 Å². The summed E-state index contributed by atoms with van der Waals surface area (Å²) >= 11 is 0. The van der Waals surface area contributed by atoms with Crippen molar-refractivity contribution in [2.45, 2.75) is 77.7 Å². The van der Waals surface area contributed by atoms with Crippen molar-refractivity contribution in [3.63, 3.8) is 0 Å². The van der Waals surface area contributed by atoms with Crippen LogP contribution in [-0.4, -0.2) is 18.0 Å². The van der Waals surface area contributed by atoms with Crippen molar-refractivity contribution in [1.29, 1.82) is 0 Å². The normalized spacial score (nSPS) is 11.5. The Kier molecular flexibility index (Phi) is 9.14. The average molecular weight is 242 g/mol. The van der Waals surface area contributed by atoms with Crippen molar-refractivity contribution in [2.24, 2.45) is 5.73 Å². The van der Waals surface area contributed by atoms with Gasteiger partial charge in [0.2, 0.25) is 5.91 Å². The molecule has 0 aromatic rings. The van der Waals surface area contributed by atoms with Crippen molar-refractivity contribution in [2.75, 3.05) is 6.54 Å². The molecule has 0 aliphatic heterocycles. The summed E-state index contributed by atoms with van der Waals surface area (Å²) in [6.07, 6.45) is 8.01. The Hall–Kier alpha value is -0.570. The van der Waals surface area contributed by atoms with E-state index < -0.39 is 0 Å². The largest absolute Gasteiger partial charge is 0.351 e. The topological polar surface area (TPSA) is 55.1 Å². The Morgan fingerprint density at radius 2 is 1.53 bits per heavy atom. The number of rotatable bonds is 10. The molecule has 1 amide bonds. The molecule has 0 fully saturated rings. The van der Waals surface area contributed by atoms with Crippen molar-refractivity contribution in [1.82, 2.24) is 5.32 Å². The molecule has 3 heteroatoms. The minimum absolute atomic E-state index is 0.0222. The summed E-state index contributed by atoms with van der Waals surface area (Å²) in [5, 5.41) is 3.21. The molecule has 0 aromatic heterocycles. The highest BCUT2D eigenvalue weighted by atomic mass is 16.1. The molecule has 0 atom stereocenters. The van der Waals surface area contributed by atoms with Crippen molar-refractivity contribution < 1.29 is 4.79 Å². The number of carbonyl (C=O) groups is 1. The van der Waals surface area contributed by atoms with E-state index in [-0.39, 0.29) is 11.4 Å². The van der Waals surface area contributed by atoms with E-state index >= 15 is 0 Å². The number of hydrogen-bond donors (Lipinski definition) is 2. The van der Waals surface area contributed by atoms with Gasteiger partial charge >= 0.3 is 0 Å². The van der Waals surface area contributed by atoms with E-state index in [4.69, 9.17) is 5.73 Å². The Bertz CT molecular complexity index is 192. The minimum Gasteiger partial charge on any atom is -0.351 e. The summed E-state index contributed by atoms with van der Waals surface area (Å²) in [4.78, 5) is 11.8. The zero-order valence-electron chi connectivity index (χ0n) is 11.8. The fourth-order valence-electron chi connectivity index (χ4n) is 2.16. The molecule has 0 radical (unpaired) electrons. The zero-order chi connectivity index (χ0) is 13.1. The van der Waals surface area contributed by atoms with Crippen LogP contribution in [0.4, 0.5) is 0 Å². The SMILES string of the molecule is CCC(CC)(CC)NC(=O)CCCCCCN. The molecule has 3 N–H and O–H groups in total. The first-order valence-corrected chi connectivity index (χ1v) is 7.15. The third-order valence-corrected chi connectivity index (χ3v) is 3.79. The van der Waals surface area contributed by atoms with Crippen molar-refractivity contribution in [3.05, 3.63) is 0 Å². The third kappa shape index (κ3) is 6.67. The second-order valence-corrected chi connectivity index (χ2v) is 4.84. The number of nitrogens with two attached hydrogens (primary N) is 1. The highest BCUT2D eigenvalue weighted by Crippen LogP contribution is 2.19. The number of unbranched alkanes of at least 4 members (excludes halogenated alkanes) is 3. The fourth-order valence-corrected chi connectivity index (χ4v) is 2.16. The van der Waals surface area contributed by atoms with Gasteiger partial charge in [-0.2, -0.15) is 0 Å². The molecule has 0 rings (SSSR count). The van der Waals surface area contributed by atoms with Crippen LogP contribution in [0.2, 0.25) is 0 Å². The summed E-state index contributed by atoms with van der Waals surface area (Å²) in [6, 6.07) is 0. The molecule has 0 aliphatic carbocycles. The molecular formula is C14H30N2O. The molecule has 0 aromatic carbocycles. The van der Waals surface area contributed by atoms with Gasteiger partial charge in [0.05, 0.1) is 0 Å². The first-order chi connectivity index (χ1) is 8.14. The van der Waals surface area contributed by atoms with Gasteiger partial charge < -0.3 is 11.1 Å². The van der Waals surface area contributed by atoms with Crippen LogP contribution in [0.1, 0.15) is 72.1 Å². The van der Waals surface area contributed by atoms with Crippen LogP contribution in [0.25, 0.3) is 0 Å². The predicted molar refractivity (Wildman–Crippen MR) is 73.9 cm³/mol. The first-order valence-electron chi connectivity index (χ1n) is 7.15. The van der Waals surface area contributed by atoms with Gasteiger partial charge in [0.25, 0.3) is 0 Å². The number of hydrogen-bond acceptors (Lipinski definition) is 2. The lowest BCUT2D eigenvalue weighted by Gasteiger charge is -2.31. The van der Waals surface area contributed by atoms with E-state index in [9.17, 15) is 4.79 Å². The fraction of sp³-hybridized carbons (Fsp3) is 0.929. The quantitative estimate of drug-likeness (QED) is 0.579. The summed E-state index contributed by atoms with van der Waals surface area (Å²) in [7, 11) is 0. The van der Waals surface area contributed by atoms with Gasteiger partial charge in [-0.15, -0.1) is 0 Å². The first kappa shape index (κ1) is 16.4. The van der Waals surface area contributed by atoms with E-state index in [0.29, 0.717) is 6.42 Å². The van der Waals surface area contributed by atoms with Crippen LogP contribution in [-0.2, 0) is 4.79 Å². The Balaban J connectivity index is 3.83. The van der Waals surface area contributed by atoms with Gasteiger partial charge in [0, 0.05) is 12.0 Å². The maximum absolute atomic E-state index is 11.8. The number of amides is 1. The summed E-state index contributed by atoms with van der Waals surface area (Å²) in [6.45, 7) is 7.20. The molecule has 0 heterocycles. The van der Waals surface area contributed by atoms with Crippen molar-refractivity contribution >= 4 is 5.91 Å². The molecule has 0 aliphatic rings. The predicted octanol–water partition coefficient (Wildman–Crippen LogP) is 2.98. The minimum atomic E-state index is 0.0222. The lowest BCUT2D eigenvalue weighted by molar-refractivity contribution is -0.123. The van der Waals surface area contributed by atoms with Crippen LogP contribution >= 0.6 is 0 Å². The lowest BCUT2D eigenvalue weighted by atomic mass is 9.89. The van der Waals surface area contributed by atoms with Crippen LogP contribution in [0.15, 0.2) is 0 Å². The molecule has 0 unspecified atom stereocenters. The van der Waals surface area contributed by atoms with E-state index in [1.54, 1.807) is 0 Å². The smallest absolute Gasteiger partial charge is 0.220 e. The average Bonchev–Trinajstić information content (AvgIpc) is 2.36. The summed E-state index contributed by atoms with van der Waals surface area (Å²) < 4.78 is 0. The Morgan fingerprint density at radius 3 is 2.00 bits per heavy atom. The van der Waals surface area contributed by atoms with Crippen LogP contribution in [0.3, 0.4) is 0 Å². The standard InChI is InChI=1S/C14H30N2O/c1-4-14(5-2,6-3)16-13(17)11-9-7-8-10-12-15/h4-12,15H2,1-3H3,(H,16,17). The van der Waals surface area contributed by atoms with Gasteiger partial charge in [-0.05, 0) is 38.6 Å². The molecule has 0 bridgehead atoms. The molecule has 17 heavy (non-hydrogen) atoms. The van der Waals surface area contributed by atoms with E-state index in [1.807, 2.05) is 0 Å². The highest BCUT2D eigenvalue weighted by Gasteiger charge is 2.25. The third-order valence-electron chi connectivity index (χ3n) is 3.79. The summed E-state index contributed by atoms with van der Waals surface area (Å²) in [5.74, 6) is 0.211. The second-order valence-electron chi connectivity index (χ2n) is 4.84. The zero-order valence-corrected chi connectivity index (χ0v) is 11.8. The van der Waals surface area contributed by atoms with Crippen LogP contribution < -0.4 is 11.1 Å². The van der Waals surface area contributed by atoms with E-state index in [0.717, 1.165) is 51.5 Å². The van der Waals surface area contributed by atoms with Crippen LogP contribution in [0, 0.1) is 0 Å². The molecule has 0 saturated carbocycles. The maximum Gasteiger partial charge on any atom is 0.220 e. The number of nitrogens with one attached hydrogen (secondary N) is 1.